The Bertz CT molecular complexity index is 475. The van der Waals surface area contributed by atoms with Gasteiger partial charge in [-0.2, -0.15) is 0 Å². The van der Waals surface area contributed by atoms with E-state index >= 15 is 0 Å². The van der Waals surface area contributed by atoms with E-state index < -0.39 is 0 Å². The minimum absolute atomic E-state index is 0.258. The summed E-state index contributed by atoms with van der Waals surface area (Å²) in [6, 6.07) is 2.44. The van der Waals surface area contributed by atoms with Crippen molar-refractivity contribution in [2.75, 3.05) is 29.9 Å². The van der Waals surface area contributed by atoms with Crippen molar-refractivity contribution in [3.8, 4) is 0 Å². The predicted octanol–water partition coefficient (Wildman–Crippen LogP) is 2.40. The lowest BCUT2D eigenvalue weighted by Gasteiger charge is -2.37. The fourth-order valence-corrected chi connectivity index (χ4v) is 2.62. The van der Waals surface area contributed by atoms with E-state index in [0.29, 0.717) is 12.0 Å². The van der Waals surface area contributed by atoms with E-state index in [9.17, 15) is 0 Å². The highest BCUT2D eigenvalue weighted by atomic mass is 16.5. The molecule has 2 heterocycles. The van der Waals surface area contributed by atoms with Crippen molar-refractivity contribution in [1.29, 1.82) is 0 Å². The molecule has 2 fully saturated rings. The van der Waals surface area contributed by atoms with Gasteiger partial charge in [0.15, 0.2) is 0 Å². The summed E-state index contributed by atoms with van der Waals surface area (Å²) in [7, 11) is 0. The van der Waals surface area contributed by atoms with Gasteiger partial charge in [-0.1, -0.05) is 0 Å². The maximum atomic E-state index is 5.71. The molecule has 0 aromatic carbocycles. The van der Waals surface area contributed by atoms with Gasteiger partial charge in [0.05, 0.1) is 18.8 Å². The van der Waals surface area contributed by atoms with Gasteiger partial charge in [-0.3, -0.25) is 0 Å². The van der Waals surface area contributed by atoms with Crippen molar-refractivity contribution >= 4 is 11.6 Å². The molecule has 2 atom stereocenters. The molecule has 2 unspecified atom stereocenters. The van der Waals surface area contributed by atoms with Crippen molar-refractivity contribution in [2.24, 2.45) is 0 Å². The van der Waals surface area contributed by atoms with E-state index in [0.717, 1.165) is 37.2 Å². The lowest BCUT2D eigenvalue weighted by atomic mass is 10.2. The smallest absolute Gasteiger partial charge is 0.136 e. The van der Waals surface area contributed by atoms with Crippen LogP contribution in [-0.2, 0) is 4.74 Å². The quantitative estimate of drug-likeness (QED) is 0.915. The maximum Gasteiger partial charge on any atom is 0.136 e. The lowest BCUT2D eigenvalue weighted by Crippen LogP contribution is -2.47. The van der Waals surface area contributed by atoms with Gasteiger partial charge < -0.3 is 15.0 Å². The van der Waals surface area contributed by atoms with Crippen LogP contribution in [0.25, 0.3) is 0 Å². The minimum Gasteiger partial charge on any atom is -0.375 e. The average molecular weight is 276 g/mol. The molecule has 0 amide bonds. The first kappa shape index (κ1) is 13.6. The summed E-state index contributed by atoms with van der Waals surface area (Å²) in [5.41, 5.74) is 0. The normalized spacial score (nSPS) is 26.6. The number of ether oxygens (including phenoxy) is 1. The highest BCUT2D eigenvalue weighted by Gasteiger charge is 2.30. The Morgan fingerprint density at radius 1 is 1.35 bits per heavy atom. The van der Waals surface area contributed by atoms with Gasteiger partial charge in [-0.15, -0.1) is 0 Å². The van der Waals surface area contributed by atoms with Crippen molar-refractivity contribution in [3.63, 3.8) is 0 Å². The zero-order valence-corrected chi connectivity index (χ0v) is 12.6. The number of nitrogens with zero attached hydrogens (tertiary/aromatic N) is 3. The third-order valence-corrected chi connectivity index (χ3v) is 3.93. The summed E-state index contributed by atoms with van der Waals surface area (Å²) >= 11 is 0. The summed E-state index contributed by atoms with van der Waals surface area (Å²) in [4.78, 5) is 11.8. The van der Waals surface area contributed by atoms with E-state index in [1.165, 1.54) is 12.8 Å². The largest absolute Gasteiger partial charge is 0.375 e. The van der Waals surface area contributed by atoms with E-state index in [-0.39, 0.29) is 6.10 Å². The second-order valence-electron chi connectivity index (χ2n) is 5.92. The molecule has 0 spiro atoms. The second-order valence-corrected chi connectivity index (χ2v) is 5.92. The van der Waals surface area contributed by atoms with Crippen molar-refractivity contribution in [3.05, 3.63) is 11.9 Å². The zero-order valence-electron chi connectivity index (χ0n) is 12.6. The Labute approximate surface area is 120 Å². The number of rotatable bonds is 4. The number of hydrogen-bond donors (Lipinski definition) is 1. The number of aromatic nitrogens is 2. The van der Waals surface area contributed by atoms with Crippen LogP contribution in [-0.4, -0.2) is 41.8 Å². The van der Waals surface area contributed by atoms with Crippen LogP contribution in [0.4, 0.5) is 11.6 Å². The van der Waals surface area contributed by atoms with Crippen molar-refractivity contribution < 1.29 is 4.74 Å². The van der Waals surface area contributed by atoms with Crippen LogP contribution in [0.5, 0.6) is 0 Å². The first-order valence-electron chi connectivity index (χ1n) is 7.68. The lowest BCUT2D eigenvalue weighted by molar-refractivity contribution is 0.0340. The Balaban J connectivity index is 1.90. The van der Waals surface area contributed by atoms with Crippen LogP contribution >= 0.6 is 0 Å². The zero-order chi connectivity index (χ0) is 14.1. The van der Waals surface area contributed by atoms with Gasteiger partial charge in [-0.05, 0) is 33.6 Å². The first-order chi connectivity index (χ1) is 9.67. The number of hydrogen-bond acceptors (Lipinski definition) is 5. The molecule has 1 aliphatic carbocycles. The summed E-state index contributed by atoms with van der Waals surface area (Å²) in [6.45, 7) is 8.95. The molecular weight excluding hydrogens is 252 g/mol. The molecule has 5 nitrogen and oxygen atoms in total. The minimum atomic E-state index is 0.258. The molecule has 0 radical (unpaired) electrons. The summed E-state index contributed by atoms with van der Waals surface area (Å²) < 4.78 is 5.71. The van der Waals surface area contributed by atoms with E-state index in [1.54, 1.807) is 0 Å². The molecule has 20 heavy (non-hydrogen) atoms. The van der Waals surface area contributed by atoms with Gasteiger partial charge in [0.2, 0.25) is 0 Å². The molecular formula is C15H24N4O. The highest BCUT2D eigenvalue weighted by Crippen LogP contribution is 2.39. The van der Waals surface area contributed by atoms with Crippen molar-refractivity contribution in [1.82, 2.24) is 9.97 Å². The fourth-order valence-electron chi connectivity index (χ4n) is 2.62. The monoisotopic (exact) mass is 276 g/mol. The first-order valence-corrected chi connectivity index (χ1v) is 7.68. The second kappa shape index (κ2) is 5.56. The van der Waals surface area contributed by atoms with Crippen LogP contribution < -0.4 is 10.2 Å². The van der Waals surface area contributed by atoms with Gasteiger partial charge in [0.25, 0.3) is 0 Å². The Hall–Kier alpha value is -1.36. The summed E-state index contributed by atoms with van der Waals surface area (Å²) in [6.07, 6.45) is 2.71. The molecule has 1 aliphatic heterocycles. The Morgan fingerprint density at radius 3 is 2.85 bits per heavy atom. The van der Waals surface area contributed by atoms with Crippen LogP contribution in [0.1, 0.15) is 45.4 Å². The molecule has 110 valence electrons. The van der Waals surface area contributed by atoms with E-state index in [4.69, 9.17) is 9.72 Å². The molecule has 1 N–H and O–H groups in total. The third kappa shape index (κ3) is 2.87. The SMILES string of the molecule is CCNc1cc(N2CC(C)OCC2C)nc(C2CC2)n1. The molecule has 3 rings (SSSR count). The van der Waals surface area contributed by atoms with Crippen LogP contribution in [0.3, 0.4) is 0 Å². The number of nitrogens with one attached hydrogen (secondary N) is 1. The molecule has 2 aliphatic rings. The third-order valence-electron chi connectivity index (χ3n) is 3.93. The standard InChI is InChI=1S/C15H24N4O/c1-4-16-13-7-14(18-15(17-13)12-5-6-12)19-8-11(3)20-9-10(19)2/h7,10-12H,4-6,8-9H2,1-3H3,(H,16,17,18). The average Bonchev–Trinajstić information content (AvgIpc) is 3.26. The molecule has 1 saturated carbocycles. The number of morpholine rings is 1. The van der Waals surface area contributed by atoms with Gasteiger partial charge in [-0.25, -0.2) is 9.97 Å². The van der Waals surface area contributed by atoms with Crippen LogP contribution in [0, 0.1) is 0 Å². The van der Waals surface area contributed by atoms with Crippen molar-refractivity contribution in [2.45, 2.75) is 51.7 Å². The fraction of sp³-hybridized carbons (Fsp3) is 0.733. The summed E-state index contributed by atoms with van der Waals surface area (Å²) in [5.74, 6) is 3.57. The van der Waals surface area contributed by atoms with E-state index in [1.807, 2.05) is 0 Å². The predicted molar refractivity (Wildman–Crippen MR) is 80.4 cm³/mol. The molecule has 1 aromatic heterocycles. The molecule has 5 heteroatoms. The highest BCUT2D eigenvalue weighted by molar-refractivity contribution is 5.51. The van der Waals surface area contributed by atoms with E-state index in [2.05, 4.69) is 42.0 Å². The molecule has 1 aromatic rings. The van der Waals surface area contributed by atoms with Gasteiger partial charge in [0.1, 0.15) is 17.5 Å². The topological polar surface area (TPSA) is 50.3 Å². The molecule has 1 saturated heterocycles. The summed E-state index contributed by atoms with van der Waals surface area (Å²) in [5, 5.41) is 3.33. The Morgan fingerprint density at radius 2 is 2.15 bits per heavy atom. The Kier molecular flexibility index (Phi) is 3.78. The van der Waals surface area contributed by atoms with Gasteiger partial charge in [0, 0.05) is 25.1 Å². The van der Waals surface area contributed by atoms with Gasteiger partial charge >= 0.3 is 0 Å². The maximum absolute atomic E-state index is 5.71. The molecule has 0 bridgehead atoms. The van der Waals surface area contributed by atoms with Crippen LogP contribution in [0.2, 0.25) is 0 Å². The van der Waals surface area contributed by atoms with Crippen LogP contribution in [0.15, 0.2) is 6.07 Å². The number of anilines is 2.